The largest absolute Gasteiger partial charge is 0.415 e. The number of hydrogen-bond acceptors (Lipinski definition) is 4. The zero-order valence-corrected chi connectivity index (χ0v) is 17.9. The maximum atomic E-state index is 11.1. The van der Waals surface area contributed by atoms with E-state index in [2.05, 4.69) is 24.3 Å². The van der Waals surface area contributed by atoms with Gasteiger partial charge in [-0.3, -0.25) is 0 Å². The Bertz CT molecular complexity index is 878. The van der Waals surface area contributed by atoms with Crippen molar-refractivity contribution >= 4 is 34.1 Å². The second-order valence-corrected chi connectivity index (χ2v) is 9.52. The molecule has 30 heavy (non-hydrogen) atoms. The van der Waals surface area contributed by atoms with Crippen LogP contribution in [-0.2, 0) is 5.41 Å². The Labute approximate surface area is 185 Å². The molecule has 2 aromatic carbocycles. The molecule has 4 aliphatic carbocycles. The Hall–Kier alpha value is -2.04. The molecule has 0 aromatic heterocycles. The second-order valence-electron chi connectivity index (χ2n) is 8.90. The summed E-state index contributed by atoms with van der Waals surface area (Å²) in [6.45, 7) is 0. The van der Waals surface area contributed by atoms with Crippen molar-refractivity contribution in [3.05, 3.63) is 59.7 Å². The SMILES string of the molecule is O=C(Cl)Oc1ccc(C2(c3ccc(OC(=O)Cl)cc3)C3CC4CC(C3)CC2C4)cc1. The maximum absolute atomic E-state index is 11.1. The van der Waals surface area contributed by atoms with Crippen LogP contribution in [0.3, 0.4) is 0 Å². The van der Waals surface area contributed by atoms with Crippen LogP contribution in [0.25, 0.3) is 0 Å². The third kappa shape index (κ3) is 3.30. The van der Waals surface area contributed by atoms with Gasteiger partial charge in [0.15, 0.2) is 0 Å². The summed E-state index contributed by atoms with van der Waals surface area (Å²) in [7, 11) is 0. The molecule has 0 spiro atoms. The van der Waals surface area contributed by atoms with Crippen molar-refractivity contribution in [1.82, 2.24) is 0 Å². The Morgan fingerprint density at radius 1 is 0.667 bits per heavy atom. The summed E-state index contributed by atoms with van der Waals surface area (Å²) in [5, 5.41) is 0. The third-order valence-electron chi connectivity index (χ3n) is 7.49. The van der Waals surface area contributed by atoms with Gasteiger partial charge >= 0.3 is 10.9 Å². The van der Waals surface area contributed by atoms with Crippen LogP contribution in [0.2, 0.25) is 0 Å². The zero-order valence-electron chi connectivity index (χ0n) is 16.4. The summed E-state index contributed by atoms with van der Waals surface area (Å²) >= 11 is 10.7. The zero-order chi connectivity index (χ0) is 20.9. The van der Waals surface area contributed by atoms with E-state index >= 15 is 0 Å². The van der Waals surface area contributed by atoms with Crippen LogP contribution in [0.4, 0.5) is 9.59 Å². The lowest BCUT2D eigenvalue weighted by molar-refractivity contribution is -0.0418. The highest BCUT2D eigenvalue weighted by Gasteiger charge is 2.58. The van der Waals surface area contributed by atoms with E-state index in [-0.39, 0.29) is 5.41 Å². The molecule has 0 unspecified atom stereocenters. The lowest BCUT2D eigenvalue weighted by Gasteiger charge is -2.62. The Morgan fingerprint density at radius 2 is 1.03 bits per heavy atom. The van der Waals surface area contributed by atoms with Gasteiger partial charge in [-0.05, 0) is 91.2 Å². The number of hydrogen-bond donors (Lipinski definition) is 0. The molecule has 0 saturated heterocycles. The van der Waals surface area contributed by atoms with E-state index in [1.165, 1.54) is 43.2 Å². The van der Waals surface area contributed by atoms with Gasteiger partial charge in [-0.2, -0.15) is 0 Å². The summed E-state index contributed by atoms with van der Waals surface area (Å²) in [5.74, 6) is 3.68. The molecule has 0 heterocycles. The number of halogens is 2. The fourth-order valence-corrected chi connectivity index (χ4v) is 7.00. The second kappa shape index (κ2) is 7.58. The summed E-state index contributed by atoms with van der Waals surface area (Å²) in [6.07, 6.45) is 6.33. The third-order valence-corrected chi connectivity index (χ3v) is 7.64. The molecule has 0 N–H and O–H groups in total. The monoisotopic (exact) mass is 444 g/mol. The molecule has 0 aliphatic heterocycles. The molecular formula is C24H22Cl2O4. The van der Waals surface area contributed by atoms with E-state index in [0.717, 1.165) is 11.8 Å². The molecule has 4 bridgehead atoms. The van der Waals surface area contributed by atoms with Crippen LogP contribution in [0.5, 0.6) is 11.5 Å². The molecule has 0 amide bonds. The number of ether oxygens (including phenoxy) is 2. The van der Waals surface area contributed by atoms with Gasteiger partial charge in [0.1, 0.15) is 11.5 Å². The van der Waals surface area contributed by atoms with E-state index in [1.807, 2.05) is 24.3 Å². The fourth-order valence-electron chi connectivity index (χ4n) is 6.82. The van der Waals surface area contributed by atoms with Crippen molar-refractivity contribution in [2.75, 3.05) is 0 Å². The molecule has 4 fully saturated rings. The lowest BCUT2D eigenvalue weighted by Crippen LogP contribution is -2.56. The fraction of sp³-hybridized carbons (Fsp3) is 0.417. The molecule has 0 radical (unpaired) electrons. The van der Waals surface area contributed by atoms with Crippen LogP contribution in [0, 0.1) is 23.7 Å². The van der Waals surface area contributed by atoms with Crippen molar-refractivity contribution in [3.8, 4) is 11.5 Å². The van der Waals surface area contributed by atoms with Gasteiger partial charge in [0, 0.05) is 28.6 Å². The first kappa shape index (κ1) is 19.9. The van der Waals surface area contributed by atoms with E-state index < -0.39 is 10.9 Å². The smallest absolute Gasteiger partial charge is 0.409 e. The maximum Gasteiger partial charge on any atom is 0.409 e. The van der Waals surface area contributed by atoms with Crippen LogP contribution in [-0.4, -0.2) is 10.9 Å². The van der Waals surface area contributed by atoms with Gasteiger partial charge in [-0.15, -0.1) is 0 Å². The lowest BCUT2D eigenvalue weighted by atomic mass is 9.42. The minimum absolute atomic E-state index is 0.0968. The van der Waals surface area contributed by atoms with E-state index in [0.29, 0.717) is 23.3 Å². The minimum Gasteiger partial charge on any atom is -0.415 e. The normalized spacial score (nSPS) is 28.2. The first-order valence-corrected chi connectivity index (χ1v) is 11.2. The number of rotatable bonds is 4. The van der Waals surface area contributed by atoms with Gasteiger partial charge in [-0.25, -0.2) is 9.59 Å². The van der Waals surface area contributed by atoms with Gasteiger partial charge in [0.25, 0.3) is 0 Å². The molecule has 4 nitrogen and oxygen atoms in total. The number of benzene rings is 2. The van der Waals surface area contributed by atoms with Crippen LogP contribution >= 0.6 is 23.2 Å². The molecule has 6 heteroatoms. The molecule has 4 saturated carbocycles. The van der Waals surface area contributed by atoms with Gasteiger partial charge in [-0.1, -0.05) is 24.3 Å². The predicted molar refractivity (Wildman–Crippen MR) is 114 cm³/mol. The predicted octanol–water partition coefficient (Wildman–Crippen LogP) is 6.90. The van der Waals surface area contributed by atoms with E-state index in [9.17, 15) is 9.59 Å². The van der Waals surface area contributed by atoms with Crippen molar-refractivity contribution in [1.29, 1.82) is 0 Å². The molecule has 4 aliphatic rings. The van der Waals surface area contributed by atoms with E-state index in [1.54, 1.807) is 0 Å². The molecule has 2 aromatic rings. The van der Waals surface area contributed by atoms with Crippen LogP contribution in [0.15, 0.2) is 48.5 Å². The summed E-state index contributed by atoms with van der Waals surface area (Å²) in [5.41, 5.74) is 0.717. The Kier molecular flexibility index (Phi) is 5.03. The first-order valence-electron chi connectivity index (χ1n) is 10.4. The van der Waals surface area contributed by atoms with Crippen molar-refractivity contribution in [2.24, 2.45) is 23.7 Å². The molecule has 0 atom stereocenters. The van der Waals surface area contributed by atoms with Crippen molar-refractivity contribution in [2.45, 2.75) is 37.5 Å². The minimum atomic E-state index is -0.837. The van der Waals surface area contributed by atoms with Gasteiger partial charge in [0.2, 0.25) is 0 Å². The standard InChI is InChI=1S/C24H22Cl2O4/c25-22(27)29-20-5-1-16(2-6-20)24(17-3-7-21(8-4-17)30-23(26)28)18-10-14-9-15(12-18)13-19(24)11-14/h1-8,14-15,18-19H,9-13H2. The molecule has 6 rings (SSSR count). The highest BCUT2D eigenvalue weighted by Crippen LogP contribution is 2.65. The summed E-state index contributed by atoms with van der Waals surface area (Å²) < 4.78 is 10.1. The summed E-state index contributed by atoms with van der Waals surface area (Å²) in [4.78, 5) is 22.2. The van der Waals surface area contributed by atoms with E-state index in [4.69, 9.17) is 32.7 Å². The quantitative estimate of drug-likeness (QED) is 0.480. The first-order chi connectivity index (χ1) is 14.4. The molecular weight excluding hydrogens is 423 g/mol. The van der Waals surface area contributed by atoms with Crippen LogP contribution in [0.1, 0.15) is 43.2 Å². The van der Waals surface area contributed by atoms with Crippen molar-refractivity contribution < 1.29 is 19.1 Å². The van der Waals surface area contributed by atoms with Crippen LogP contribution < -0.4 is 9.47 Å². The average Bonchev–Trinajstić information content (AvgIpc) is 2.69. The van der Waals surface area contributed by atoms with Gasteiger partial charge in [0.05, 0.1) is 0 Å². The Balaban J connectivity index is 1.58. The molecule has 156 valence electrons. The number of carbonyl (C=O) groups is 2. The highest BCUT2D eigenvalue weighted by atomic mass is 35.5. The van der Waals surface area contributed by atoms with Crippen molar-refractivity contribution in [3.63, 3.8) is 0 Å². The Morgan fingerprint density at radius 3 is 1.37 bits per heavy atom. The highest BCUT2D eigenvalue weighted by molar-refractivity contribution is 6.61. The summed E-state index contributed by atoms with van der Waals surface area (Å²) in [6, 6.07) is 15.6. The topological polar surface area (TPSA) is 52.6 Å². The average molecular weight is 445 g/mol. The van der Waals surface area contributed by atoms with Gasteiger partial charge < -0.3 is 9.47 Å². The number of carbonyl (C=O) groups excluding carboxylic acids is 2.